The van der Waals surface area contributed by atoms with Crippen LogP contribution in [0.2, 0.25) is 0 Å². The van der Waals surface area contributed by atoms with Gasteiger partial charge in [0.2, 0.25) is 0 Å². The molecule has 1 atom stereocenters. The second-order valence-electron chi connectivity index (χ2n) is 4.54. The first-order chi connectivity index (χ1) is 7.79. The summed E-state index contributed by atoms with van der Waals surface area (Å²) in [5.74, 6) is 0.433. The summed E-state index contributed by atoms with van der Waals surface area (Å²) in [6.07, 6.45) is -4.16. The van der Waals surface area contributed by atoms with Gasteiger partial charge in [0.15, 0.2) is 0 Å². The zero-order valence-corrected chi connectivity index (χ0v) is 10.3. The molecule has 0 aromatic heterocycles. The minimum Gasteiger partial charge on any atom is -0.302 e. The summed E-state index contributed by atoms with van der Waals surface area (Å²) >= 11 is 0. The number of nitrogens with one attached hydrogen (secondary N) is 1. The van der Waals surface area contributed by atoms with Crippen molar-refractivity contribution < 1.29 is 13.2 Å². The van der Waals surface area contributed by atoms with Crippen molar-refractivity contribution in [1.29, 1.82) is 0 Å². The quantitative estimate of drug-likeness (QED) is 0.844. The van der Waals surface area contributed by atoms with Crippen molar-refractivity contribution in [3.05, 3.63) is 35.4 Å². The molecule has 0 amide bonds. The standard InChI is InChI=1S/C13H18F3N/c1-9(2)11-4-6-12(7-5-11)10(3)17-8-13(14,15)16/h4-7,9-10,17H,8H2,1-3H3. The smallest absolute Gasteiger partial charge is 0.302 e. The Kier molecular flexibility index (Phi) is 4.57. The molecule has 1 aromatic rings. The van der Waals surface area contributed by atoms with Gasteiger partial charge in [0.1, 0.15) is 0 Å². The second kappa shape index (κ2) is 5.54. The molecule has 0 aliphatic rings. The van der Waals surface area contributed by atoms with Crippen LogP contribution in [0.5, 0.6) is 0 Å². The fourth-order valence-electron chi connectivity index (χ4n) is 1.56. The van der Waals surface area contributed by atoms with Crippen molar-refractivity contribution in [2.75, 3.05) is 6.54 Å². The van der Waals surface area contributed by atoms with Crippen LogP contribution in [0.4, 0.5) is 13.2 Å². The highest BCUT2D eigenvalue weighted by molar-refractivity contribution is 5.26. The number of benzene rings is 1. The molecule has 96 valence electrons. The maximum atomic E-state index is 12.0. The first kappa shape index (κ1) is 14.0. The fraction of sp³-hybridized carbons (Fsp3) is 0.538. The van der Waals surface area contributed by atoms with Gasteiger partial charge in [-0.25, -0.2) is 0 Å². The highest BCUT2D eigenvalue weighted by atomic mass is 19.4. The van der Waals surface area contributed by atoms with E-state index in [0.29, 0.717) is 5.92 Å². The maximum Gasteiger partial charge on any atom is 0.401 e. The molecule has 0 fully saturated rings. The van der Waals surface area contributed by atoms with E-state index in [-0.39, 0.29) is 6.04 Å². The lowest BCUT2D eigenvalue weighted by Crippen LogP contribution is -2.30. The van der Waals surface area contributed by atoms with Crippen molar-refractivity contribution in [3.8, 4) is 0 Å². The molecule has 0 radical (unpaired) electrons. The van der Waals surface area contributed by atoms with Gasteiger partial charge < -0.3 is 5.32 Å². The third-order valence-corrected chi connectivity index (χ3v) is 2.71. The van der Waals surface area contributed by atoms with Gasteiger partial charge in [-0.3, -0.25) is 0 Å². The molecule has 1 nitrogen and oxygen atoms in total. The minimum atomic E-state index is -4.16. The lowest BCUT2D eigenvalue weighted by atomic mass is 10.00. The lowest BCUT2D eigenvalue weighted by Gasteiger charge is -2.16. The Hall–Kier alpha value is -1.03. The monoisotopic (exact) mass is 245 g/mol. The second-order valence-corrected chi connectivity index (χ2v) is 4.54. The molecule has 1 rings (SSSR count). The summed E-state index contributed by atoms with van der Waals surface area (Å²) in [4.78, 5) is 0. The van der Waals surface area contributed by atoms with E-state index < -0.39 is 12.7 Å². The Morgan fingerprint density at radius 2 is 1.47 bits per heavy atom. The molecule has 17 heavy (non-hydrogen) atoms. The third kappa shape index (κ3) is 4.77. The van der Waals surface area contributed by atoms with E-state index in [1.807, 2.05) is 24.3 Å². The predicted molar refractivity (Wildman–Crippen MR) is 63.0 cm³/mol. The van der Waals surface area contributed by atoms with Crippen LogP contribution in [-0.4, -0.2) is 12.7 Å². The first-order valence-corrected chi connectivity index (χ1v) is 5.69. The summed E-state index contributed by atoms with van der Waals surface area (Å²) in [6.45, 7) is 4.94. The molecule has 1 N–H and O–H groups in total. The van der Waals surface area contributed by atoms with Crippen molar-refractivity contribution in [3.63, 3.8) is 0 Å². The fourth-order valence-corrected chi connectivity index (χ4v) is 1.56. The highest BCUT2D eigenvalue weighted by Crippen LogP contribution is 2.20. The summed E-state index contributed by atoms with van der Waals surface area (Å²) in [7, 11) is 0. The average Bonchev–Trinajstić information content (AvgIpc) is 2.25. The zero-order chi connectivity index (χ0) is 13.1. The SMILES string of the molecule is CC(C)c1ccc(C(C)NCC(F)(F)F)cc1. The van der Waals surface area contributed by atoms with E-state index in [9.17, 15) is 13.2 Å². The van der Waals surface area contributed by atoms with Crippen molar-refractivity contribution >= 4 is 0 Å². The molecule has 4 heteroatoms. The number of halogens is 3. The Morgan fingerprint density at radius 3 is 1.88 bits per heavy atom. The minimum absolute atomic E-state index is 0.294. The zero-order valence-electron chi connectivity index (χ0n) is 10.3. The van der Waals surface area contributed by atoms with Crippen LogP contribution in [0, 0.1) is 0 Å². The van der Waals surface area contributed by atoms with Gasteiger partial charge in [-0.15, -0.1) is 0 Å². The van der Waals surface area contributed by atoms with Gasteiger partial charge in [-0.05, 0) is 24.0 Å². The molecule has 0 spiro atoms. The Morgan fingerprint density at radius 1 is 1.00 bits per heavy atom. The molecule has 0 bridgehead atoms. The van der Waals surface area contributed by atoms with Gasteiger partial charge >= 0.3 is 6.18 Å². The van der Waals surface area contributed by atoms with E-state index >= 15 is 0 Å². The van der Waals surface area contributed by atoms with Crippen molar-refractivity contribution in [2.24, 2.45) is 0 Å². The van der Waals surface area contributed by atoms with Crippen LogP contribution < -0.4 is 5.32 Å². The van der Waals surface area contributed by atoms with Crippen molar-refractivity contribution in [2.45, 2.75) is 38.9 Å². The number of hydrogen-bond acceptors (Lipinski definition) is 1. The topological polar surface area (TPSA) is 12.0 Å². The molecule has 1 unspecified atom stereocenters. The normalized spacial score (nSPS) is 14.1. The molecule has 0 aliphatic carbocycles. The first-order valence-electron chi connectivity index (χ1n) is 5.69. The van der Waals surface area contributed by atoms with Gasteiger partial charge in [0.25, 0.3) is 0 Å². The van der Waals surface area contributed by atoms with Gasteiger partial charge in [0.05, 0.1) is 6.54 Å². The van der Waals surface area contributed by atoms with E-state index in [1.54, 1.807) is 6.92 Å². The van der Waals surface area contributed by atoms with Crippen LogP contribution >= 0.6 is 0 Å². The molecule has 0 saturated heterocycles. The molecule has 0 saturated carbocycles. The number of rotatable bonds is 4. The van der Waals surface area contributed by atoms with Gasteiger partial charge in [-0.2, -0.15) is 13.2 Å². The molecule has 1 aromatic carbocycles. The average molecular weight is 245 g/mol. The van der Waals surface area contributed by atoms with E-state index in [1.165, 1.54) is 5.56 Å². The summed E-state index contributed by atoms with van der Waals surface area (Å²) < 4.78 is 36.1. The largest absolute Gasteiger partial charge is 0.401 e. The summed E-state index contributed by atoms with van der Waals surface area (Å²) in [5.41, 5.74) is 2.07. The molecule has 0 aliphatic heterocycles. The van der Waals surface area contributed by atoms with Crippen LogP contribution in [0.3, 0.4) is 0 Å². The predicted octanol–water partition coefficient (Wildman–Crippen LogP) is 4.02. The maximum absolute atomic E-state index is 12.0. The van der Waals surface area contributed by atoms with E-state index in [2.05, 4.69) is 19.2 Å². The van der Waals surface area contributed by atoms with Crippen LogP contribution in [0.15, 0.2) is 24.3 Å². The highest BCUT2D eigenvalue weighted by Gasteiger charge is 2.27. The summed E-state index contributed by atoms with van der Waals surface area (Å²) in [6, 6.07) is 7.39. The van der Waals surface area contributed by atoms with Gasteiger partial charge in [0, 0.05) is 6.04 Å². The van der Waals surface area contributed by atoms with Crippen LogP contribution in [0.1, 0.15) is 43.9 Å². The Balaban J connectivity index is 2.60. The lowest BCUT2D eigenvalue weighted by molar-refractivity contribution is -0.126. The van der Waals surface area contributed by atoms with E-state index in [4.69, 9.17) is 0 Å². The van der Waals surface area contributed by atoms with Crippen LogP contribution in [0.25, 0.3) is 0 Å². The third-order valence-electron chi connectivity index (χ3n) is 2.71. The summed E-state index contributed by atoms with van der Waals surface area (Å²) in [5, 5.41) is 2.46. The molecular weight excluding hydrogens is 227 g/mol. The Labute approximate surface area is 100 Å². The number of alkyl halides is 3. The van der Waals surface area contributed by atoms with Crippen LogP contribution in [-0.2, 0) is 0 Å². The number of hydrogen-bond donors (Lipinski definition) is 1. The van der Waals surface area contributed by atoms with Gasteiger partial charge in [-0.1, -0.05) is 38.1 Å². The van der Waals surface area contributed by atoms with Crippen molar-refractivity contribution in [1.82, 2.24) is 5.32 Å². The molecular formula is C13H18F3N. The Bertz CT molecular complexity index is 341. The van der Waals surface area contributed by atoms with E-state index in [0.717, 1.165) is 5.56 Å². The molecule has 0 heterocycles.